The third-order valence-corrected chi connectivity index (χ3v) is 3.29. The summed E-state index contributed by atoms with van der Waals surface area (Å²) in [4.78, 5) is 8.45. The van der Waals surface area contributed by atoms with Gasteiger partial charge in [0.1, 0.15) is 11.5 Å². The predicted octanol–water partition coefficient (Wildman–Crippen LogP) is 3.79. The fraction of sp³-hybridized carbons (Fsp3) is 0.0769. The molecule has 0 atom stereocenters. The van der Waals surface area contributed by atoms with Gasteiger partial charge in [-0.1, -0.05) is 0 Å². The summed E-state index contributed by atoms with van der Waals surface area (Å²) >= 11 is 1.69. The van der Waals surface area contributed by atoms with Crippen molar-refractivity contribution in [3.05, 3.63) is 47.7 Å². The zero-order chi connectivity index (χ0) is 11.7. The van der Waals surface area contributed by atoms with E-state index in [0.29, 0.717) is 0 Å². The van der Waals surface area contributed by atoms with Crippen molar-refractivity contribution in [3.63, 3.8) is 0 Å². The van der Waals surface area contributed by atoms with Gasteiger partial charge in [0.25, 0.3) is 0 Å². The summed E-state index contributed by atoms with van der Waals surface area (Å²) in [5, 5.41) is 1.07. The Hall–Kier alpha value is -1.94. The zero-order valence-corrected chi connectivity index (χ0v) is 10.1. The topological polar surface area (TPSA) is 35.0 Å². The van der Waals surface area contributed by atoms with Crippen LogP contribution in [0.2, 0.25) is 0 Å². The molecule has 0 amide bonds. The Bertz CT molecular complexity index is 649. The van der Waals surface area contributed by atoms with E-state index in [9.17, 15) is 0 Å². The fourth-order valence-electron chi connectivity index (χ4n) is 1.63. The molecular weight excluding hydrogens is 232 g/mol. The van der Waals surface area contributed by atoms with Crippen molar-refractivity contribution in [1.82, 2.24) is 9.97 Å². The Balaban J connectivity index is 1.95. The summed E-state index contributed by atoms with van der Waals surface area (Å²) in [5.41, 5.74) is 0.980. The number of thiazole rings is 1. The lowest BCUT2D eigenvalue weighted by atomic mass is 10.3. The summed E-state index contributed by atoms with van der Waals surface area (Å²) in [6.45, 7) is 2.01. The first-order chi connectivity index (χ1) is 8.31. The average molecular weight is 242 g/mol. The average Bonchev–Trinajstić information content (AvgIpc) is 2.70. The first-order valence-electron chi connectivity index (χ1n) is 5.26. The smallest absolute Gasteiger partial charge is 0.145 e. The number of ether oxygens (including phenoxy) is 1. The Labute approximate surface area is 103 Å². The first-order valence-corrected chi connectivity index (χ1v) is 6.08. The highest BCUT2D eigenvalue weighted by molar-refractivity contribution is 7.18. The third kappa shape index (κ3) is 2.12. The quantitative estimate of drug-likeness (QED) is 0.685. The molecule has 17 heavy (non-hydrogen) atoms. The first kappa shape index (κ1) is 10.2. The molecule has 2 aromatic heterocycles. The Morgan fingerprint density at radius 3 is 2.94 bits per heavy atom. The van der Waals surface area contributed by atoms with Crippen molar-refractivity contribution in [2.24, 2.45) is 0 Å². The number of benzene rings is 1. The van der Waals surface area contributed by atoms with Crippen LogP contribution in [0.1, 0.15) is 5.01 Å². The number of aryl methyl sites for hydroxylation is 1. The van der Waals surface area contributed by atoms with E-state index in [2.05, 4.69) is 9.97 Å². The molecule has 0 aliphatic rings. The SMILES string of the molecule is Cc1nc2cc(Oc3cccnc3)ccc2s1. The van der Waals surface area contributed by atoms with Gasteiger partial charge in [-0.15, -0.1) is 11.3 Å². The van der Waals surface area contributed by atoms with Gasteiger partial charge in [-0.2, -0.15) is 0 Å². The molecule has 0 saturated carbocycles. The van der Waals surface area contributed by atoms with Crippen LogP contribution in [0.5, 0.6) is 11.5 Å². The predicted molar refractivity (Wildman–Crippen MR) is 68.7 cm³/mol. The highest BCUT2D eigenvalue weighted by Crippen LogP contribution is 2.27. The minimum absolute atomic E-state index is 0.735. The van der Waals surface area contributed by atoms with Gasteiger partial charge in [-0.05, 0) is 31.2 Å². The number of hydrogen-bond acceptors (Lipinski definition) is 4. The Morgan fingerprint density at radius 1 is 1.18 bits per heavy atom. The van der Waals surface area contributed by atoms with Crippen molar-refractivity contribution in [2.45, 2.75) is 6.92 Å². The van der Waals surface area contributed by atoms with Crippen LogP contribution >= 0.6 is 11.3 Å². The van der Waals surface area contributed by atoms with Gasteiger partial charge in [0.05, 0.1) is 21.4 Å². The van der Waals surface area contributed by atoms with Crippen LogP contribution in [0.3, 0.4) is 0 Å². The van der Waals surface area contributed by atoms with Gasteiger partial charge in [0, 0.05) is 12.3 Å². The molecule has 4 heteroatoms. The molecule has 3 aromatic rings. The van der Waals surface area contributed by atoms with Crippen LogP contribution in [0.15, 0.2) is 42.7 Å². The molecule has 0 bridgehead atoms. The van der Waals surface area contributed by atoms with E-state index >= 15 is 0 Å². The lowest BCUT2D eigenvalue weighted by molar-refractivity contribution is 0.481. The van der Waals surface area contributed by atoms with Crippen LogP contribution in [0.25, 0.3) is 10.2 Å². The van der Waals surface area contributed by atoms with Crippen molar-refractivity contribution < 1.29 is 4.74 Å². The van der Waals surface area contributed by atoms with Gasteiger partial charge in [0.15, 0.2) is 0 Å². The number of fused-ring (bicyclic) bond motifs is 1. The van der Waals surface area contributed by atoms with Crippen LogP contribution in [-0.4, -0.2) is 9.97 Å². The minimum atomic E-state index is 0.735. The second kappa shape index (κ2) is 4.14. The molecule has 1 aromatic carbocycles. The van der Waals surface area contributed by atoms with Crippen LogP contribution in [0.4, 0.5) is 0 Å². The van der Waals surface area contributed by atoms with Gasteiger partial charge in [0.2, 0.25) is 0 Å². The van der Waals surface area contributed by atoms with Gasteiger partial charge >= 0.3 is 0 Å². The highest BCUT2D eigenvalue weighted by Gasteiger charge is 2.03. The van der Waals surface area contributed by atoms with Crippen LogP contribution in [-0.2, 0) is 0 Å². The van der Waals surface area contributed by atoms with Crippen LogP contribution < -0.4 is 4.74 Å². The van der Waals surface area contributed by atoms with Crippen molar-refractivity contribution in [3.8, 4) is 11.5 Å². The second-order valence-corrected chi connectivity index (χ2v) is 4.89. The summed E-state index contributed by atoms with van der Waals surface area (Å²) in [6, 6.07) is 9.66. The van der Waals surface area contributed by atoms with E-state index in [4.69, 9.17) is 4.74 Å². The maximum absolute atomic E-state index is 5.70. The number of pyridine rings is 1. The lowest BCUT2D eigenvalue weighted by Crippen LogP contribution is -1.84. The van der Waals surface area contributed by atoms with Crippen molar-refractivity contribution in [2.75, 3.05) is 0 Å². The van der Waals surface area contributed by atoms with E-state index in [1.54, 1.807) is 23.7 Å². The van der Waals surface area contributed by atoms with E-state index in [1.807, 2.05) is 37.3 Å². The summed E-state index contributed by atoms with van der Waals surface area (Å²) in [7, 11) is 0. The van der Waals surface area contributed by atoms with Crippen LogP contribution in [0, 0.1) is 6.92 Å². The standard InChI is InChI=1S/C13H10N2OS/c1-9-15-12-7-10(4-5-13(12)17-9)16-11-3-2-6-14-8-11/h2-8H,1H3. The molecule has 0 aliphatic carbocycles. The Morgan fingerprint density at radius 2 is 2.12 bits per heavy atom. The molecule has 0 aliphatic heterocycles. The molecule has 84 valence electrons. The maximum Gasteiger partial charge on any atom is 0.145 e. The third-order valence-electron chi connectivity index (χ3n) is 2.34. The molecule has 0 unspecified atom stereocenters. The van der Waals surface area contributed by atoms with E-state index < -0.39 is 0 Å². The molecule has 3 rings (SSSR count). The summed E-state index contributed by atoms with van der Waals surface area (Å²) < 4.78 is 6.88. The molecule has 0 N–H and O–H groups in total. The zero-order valence-electron chi connectivity index (χ0n) is 9.25. The molecular formula is C13H10N2OS. The fourth-order valence-corrected chi connectivity index (χ4v) is 2.44. The number of hydrogen-bond donors (Lipinski definition) is 0. The monoisotopic (exact) mass is 242 g/mol. The van der Waals surface area contributed by atoms with Gasteiger partial charge < -0.3 is 4.74 Å². The molecule has 0 fully saturated rings. The van der Waals surface area contributed by atoms with Gasteiger partial charge in [-0.25, -0.2) is 4.98 Å². The molecule has 0 saturated heterocycles. The highest BCUT2D eigenvalue weighted by atomic mass is 32.1. The maximum atomic E-state index is 5.70. The minimum Gasteiger partial charge on any atom is -0.456 e. The van der Waals surface area contributed by atoms with E-state index in [-0.39, 0.29) is 0 Å². The van der Waals surface area contributed by atoms with Crippen molar-refractivity contribution >= 4 is 21.6 Å². The van der Waals surface area contributed by atoms with Crippen molar-refractivity contribution in [1.29, 1.82) is 0 Å². The summed E-state index contributed by atoms with van der Waals surface area (Å²) in [6.07, 6.45) is 3.41. The lowest BCUT2D eigenvalue weighted by Gasteiger charge is -2.03. The molecule has 0 radical (unpaired) electrons. The van der Waals surface area contributed by atoms with E-state index in [0.717, 1.165) is 22.0 Å². The number of rotatable bonds is 2. The Kier molecular flexibility index (Phi) is 2.49. The van der Waals surface area contributed by atoms with E-state index in [1.165, 1.54) is 4.70 Å². The second-order valence-electron chi connectivity index (χ2n) is 3.65. The molecule has 3 nitrogen and oxygen atoms in total. The molecule has 2 heterocycles. The normalized spacial score (nSPS) is 10.6. The summed E-state index contributed by atoms with van der Waals surface area (Å²) in [5.74, 6) is 1.52. The number of nitrogens with zero attached hydrogens (tertiary/aromatic N) is 2. The molecule has 0 spiro atoms. The van der Waals surface area contributed by atoms with Gasteiger partial charge in [-0.3, -0.25) is 4.98 Å². The number of aromatic nitrogens is 2. The largest absolute Gasteiger partial charge is 0.456 e.